The van der Waals surface area contributed by atoms with Crippen LogP contribution in [0.2, 0.25) is 0 Å². The molecule has 0 aliphatic carbocycles. The lowest BCUT2D eigenvalue weighted by Gasteiger charge is -2.32. The quantitative estimate of drug-likeness (QED) is 0.765. The van der Waals surface area contributed by atoms with Crippen molar-refractivity contribution >= 4 is 11.9 Å². The van der Waals surface area contributed by atoms with E-state index in [0.29, 0.717) is 0 Å². The molecular weight excluding hydrogens is 340 g/mol. The first-order chi connectivity index (χ1) is 12.9. The minimum Gasteiger partial charge on any atom is -0.467 e. The van der Waals surface area contributed by atoms with Crippen molar-refractivity contribution in [2.24, 2.45) is 5.92 Å². The Morgan fingerprint density at radius 3 is 1.96 bits per heavy atom. The normalized spacial score (nSPS) is 13.1. The molecule has 1 amide bonds. The van der Waals surface area contributed by atoms with Crippen LogP contribution in [-0.4, -0.2) is 25.0 Å². The molecule has 0 fully saturated rings. The van der Waals surface area contributed by atoms with Gasteiger partial charge in [-0.05, 0) is 18.1 Å². The summed E-state index contributed by atoms with van der Waals surface area (Å²) in [6, 6.07) is 20.0. The number of nitrogens with one attached hydrogen (secondary N) is 1. The minimum atomic E-state index is -0.999. The molecule has 2 atom stereocenters. The van der Waals surface area contributed by atoms with Crippen LogP contribution >= 0.6 is 0 Å². The zero-order valence-corrected chi connectivity index (χ0v) is 15.8. The average Bonchev–Trinajstić information content (AvgIpc) is 2.72. The van der Waals surface area contributed by atoms with Crippen molar-refractivity contribution in [1.29, 1.82) is 5.26 Å². The van der Waals surface area contributed by atoms with Crippen LogP contribution in [0.1, 0.15) is 31.4 Å². The number of carbonyl (C=O) groups excluding carboxylic acids is 2. The summed E-state index contributed by atoms with van der Waals surface area (Å²) in [4.78, 5) is 25.6. The van der Waals surface area contributed by atoms with Crippen molar-refractivity contribution in [2.75, 3.05) is 7.11 Å². The third-order valence-electron chi connectivity index (χ3n) is 4.88. The molecule has 2 aromatic carbocycles. The fourth-order valence-corrected chi connectivity index (χ4v) is 3.08. The van der Waals surface area contributed by atoms with Gasteiger partial charge in [-0.1, -0.05) is 67.6 Å². The van der Waals surface area contributed by atoms with E-state index in [1.54, 1.807) is 6.92 Å². The van der Waals surface area contributed by atoms with Crippen LogP contribution in [0.25, 0.3) is 0 Å². The topological polar surface area (TPSA) is 79.2 Å². The molecule has 5 heteroatoms. The van der Waals surface area contributed by atoms with Gasteiger partial charge in [0.1, 0.15) is 6.04 Å². The van der Waals surface area contributed by atoms with Crippen LogP contribution in [0.4, 0.5) is 0 Å². The molecule has 0 bridgehead atoms. The van der Waals surface area contributed by atoms with Crippen LogP contribution in [0.3, 0.4) is 0 Å². The van der Waals surface area contributed by atoms with Crippen molar-refractivity contribution < 1.29 is 14.3 Å². The minimum absolute atomic E-state index is 0.132. The maximum Gasteiger partial charge on any atom is 0.328 e. The Hall–Kier alpha value is -3.13. The molecule has 0 aliphatic rings. The van der Waals surface area contributed by atoms with E-state index >= 15 is 0 Å². The maximum atomic E-state index is 13.4. The number of rotatable bonds is 7. The van der Waals surface area contributed by atoms with Crippen molar-refractivity contribution in [3.8, 4) is 6.07 Å². The predicted molar refractivity (Wildman–Crippen MR) is 103 cm³/mol. The van der Waals surface area contributed by atoms with Gasteiger partial charge >= 0.3 is 5.97 Å². The summed E-state index contributed by atoms with van der Waals surface area (Å²) < 4.78 is 4.84. The summed E-state index contributed by atoms with van der Waals surface area (Å²) >= 11 is 0. The number of nitrogens with zero attached hydrogens (tertiary/aromatic N) is 1. The van der Waals surface area contributed by atoms with Gasteiger partial charge in [0.15, 0.2) is 0 Å². The van der Waals surface area contributed by atoms with E-state index in [-0.39, 0.29) is 18.2 Å². The number of benzene rings is 2. The molecule has 140 valence electrons. The molecule has 5 nitrogen and oxygen atoms in total. The van der Waals surface area contributed by atoms with E-state index in [4.69, 9.17) is 10.00 Å². The van der Waals surface area contributed by atoms with E-state index in [1.807, 2.05) is 73.7 Å². The Kier molecular flexibility index (Phi) is 6.73. The van der Waals surface area contributed by atoms with E-state index in [2.05, 4.69) is 5.32 Å². The lowest BCUT2D eigenvalue weighted by molar-refractivity contribution is -0.147. The second kappa shape index (κ2) is 9.00. The molecule has 2 aromatic rings. The third-order valence-corrected chi connectivity index (χ3v) is 4.88. The molecule has 27 heavy (non-hydrogen) atoms. The zero-order chi connectivity index (χ0) is 19.9. The zero-order valence-electron chi connectivity index (χ0n) is 15.8. The second-order valence-corrected chi connectivity index (χ2v) is 6.67. The largest absolute Gasteiger partial charge is 0.467 e. The molecular formula is C22H24N2O3. The van der Waals surface area contributed by atoms with Gasteiger partial charge in [0.2, 0.25) is 5.91 Å². The summed E-state index contributed by atoms with van der Waals surface area (Å²) in [5.41, 5.74) is 0.622. The Bertz CT molecular complexity index is 773. The van der Waals surface area contributed by atoms with Gasteiger partial charge in [0.25, 0.3) is 0 Å². The second-order valence-electron chi connectivity index (χ2n) is 6.67. The van der Waals surface area contributed by atoms with Crippen LogP contribution < -0.4 is 5.32 Å². The van der Waals surface area contributed by atoms with Crippen LogP contribution in [0, 0.1) is 17.2 Å². The molecule has 0 saturated carbocycles. The number of ether oxygens (including phenoxy) is 1. The number of hydrogen-bond donors (Lipinski definition) is 1. The Morgan fingerprint density at radius 1 is 1.07 bits per heavy atom. The Labute approximate surface area is 160 Å². The van der Waals surface area contributed by atoms with Gasteiger partial charge in [-0.25, -0.2) is 4.79 Å². The molecule has 0 unspecified atom stereocenters. The fourth-order valence-electron chi connectivity index (χ4n) is 3.08. The molecule has 0 aromatic heterocycles. The standard InChI is InChI=1S/C22H24N2O3/c1-16(14-15-23)19(20(25)27-3)24-21(26)22(2,17-10-6-4-7-11-17)18-12-8-5-9-13-18/h4-13,16,19H,14H2,1-3H3,(H,24,26)/t16-,19-/m0/s1. The van der Waals surface area contributed by atoms with E-state index in [9.17, 15) is 9.59 Å². The Morgan fingerprint density at radius 2 is 1.56 bits per heavy atom. The molecule has 0 spiro atoms. The van der Waals surface area contributed by atoms with E-state index in [0.717, 1.165) is 11.1 Å². The van der Waals surface area contributed by atoms with Gasteiger partial charge in [0, 0.05) is 12.3 Å². The number of methoxy groups -OCH3 is 1. The van der Waals surface area contributed by atoms with Crippen LogP contribution in [-0.2, 0) is 19.7 Å². The van der Waals surface area contributed by atoms with Crippen molar-refractivity contribution in [3.05, 3.63) is 71.8 Å². The number of esters is 1. The fraction of sp³-hybridized carbons (Fsp3) is 0.318. The number of nitriles is 1. The summed E-state index contributed by atoms with van der Waals surface area (Å²) in [7, 11) is 1.27. The van der Waals surface area contributed by atoms with Gasteiger partial charge in [-0.3, -0.25) is 4.79 Å². The van der Waals surface area contributed by atoms with Crippen molar-refractivity contribution in [1.82, 2.24) is 5.32 Å². The monoisotopic (exact) mass is 364 g/mol. The molecule has 0 radical (unpaired) electrons. The van der Waals surface area contributed by atoms with Crippen molar-refractivity contribution in [2.45, 2.75) is 31.7 Å². The summed E-state index contributed by atoms with van der Waals surface area (Å²) in [5, 5.41) is 11.8. The first-order valence-electron chi connectivity index (χ1n) is 8.82. The van der Waals surface area contributed by atoms with Gasteiger partial charge < -0.3 is 10.1 Å². The highest BCUT2D eigenvalue weighted by Crippen LogP contribution is 2.32. The molecule has 0 aliphatic heterocycles. The van der Waals surface area contributed by atoms with Gasteiger partial charge in [0.05, 0.1) is 18.6 Å². The summed E-state index contributed by atoms with van der Waals surface area (Å²) in [6.07, 6.45) is 0.132. The molecule has 2 rings (SSSR count). The third kappa shape index (κ3) is 4.35. The smallest absolute Gasteiger partial charge is 0.328 e. The van der Waals surface area contributed by atoms with Crippen LogP contribution in [0.5, 0.6) is 0 Å². The van der Waals surface area contributed by atoms with Gasteiger partial charge in [-0.2, -0.15) is 5.26 Å². The SMILES string of the molecule is COC(=O)[C@@H](NC(=O)C(C)(c1ccccc1)c1ccccc1)[C@@H](C)CC#N. The highest BCUT2D eigenvalue weighted by atomic mass is 16.5. The lowest BCUT2D eigenvalue weighted by atomic mass is 9.75. The summed E-state index contributed by atoms with van der Waals surface area (Å²) in [5.74, 6) is -1.25. The average molecular weight is 364 g/mol. The molecule has 1 N–H and O–H groups in total. The predicted octanol–water partition coefficient (Wildman–Crippen LogP) is 3.20. The highest BCUT2D eigenvalue weighted by Gasteiger charge is 2.40. The number of hydrogen-bond acceptors (Lipinski definition) is 4. The van der Waals surface area contributed by atoms with Crippen molar-refractivity contribution in [3.63, 3.8) is 0 Å². The van der Waals surface area contributed by atoms with E-state index < -0.39 is 17.4 Å². The molecule has 0 saturated heterocycles. The Balaban J connectivity index is 2.45. The molecule has 0 heterocycles. The summed E-state index contributed by atoms with van der Waals surface area (Å²) in [6.45, 7) is 3.57. The highest BCUT2D eigenvalue weighted by molar-refractivity contribution is 5.94. The van der Waals surface area contributed by atoms with Crippen LogP contribution in [0.15, 0.2) is 60.7 Å². The van der Waals surface area contributed by atoms with E-state index in [1.165, 1.54) is 7.11 Å². The lowest BCUT2D eigenvalue weighted by Crippen LogP contribution is -2.52. The first-order valence-corrected chi connectivity index (χ1v) is 8.82. The first kappa shape index (κ1) is 20.2. The maximum absolute atomic E-state index is 13.4. The number of amides is 1. The number of carbonyl (C=O) groups is 2. The van der Waals surface area contributed by atoms with Gasteiger partial charge in [-0.15, -0.1) is 0 Å².